The van der Waals surface area contributed by atoms with Crippen molar-refractivity contribution >= 4 is 28.4 Å². The number of ether oxygens (including phenoxy) is 1. The lowest BCUT2D eigenvalue weighted by molar-refractivity contribution is -0.138. The van der Waals surface area contributed by atoms with Crippen molar-refractivity contribution in [2.45, 2.75) is 19.7 Å². The lowest BCUT2D eigenvalue weighted by Gasteiger charge is -2.14. The Kier molecular flexibility index (Phi) is 4.51. The molecule has 0 aliphatic rings. The molecule has 0 fully saturated rings. The van der Waals surface area contributed by atoms with Gasteiger partial charge in [-0.25, -0.2) is 0 Å². The van der Waals surface area contributed by atoms with Gasteiger partial charge in [0.1, 0.15) is 5.75 Å². The van der Waals surface area contributed by atoms with Crippen molar-refractivity contribution in [3.8, 4) is 5.75 Å². The topological polar surface area (TPSA) is 26.3 Å². The molecule has 8 heteroatoms. The quantitative estimate of drug-likeness (QED) is 0.448. The molecule has 0 aromatic heterocycles. The number of Topliss-reactive ketones (excluding diaryl/α,β-unsaturated/α-hetero) is 1. The molecule has 0 amide bonds. The van der Waals surface area contributed by atoms with Crippen molar-refractivity contribution in [1.29, 1.82) is 0 Å². The van der Waals surface area contributed by atoms with Gasteiger partial charge < -0.3 is 4.74 Å². The number of alkyl halides is 5. The van der Waals surface area contributed by atoms with Gasteiger partial charge in [0.15, 0.2) is 5.78 Å². The van der Waals surface area contributed by atoms with Crippen LogP contribution in [0.5, 0.6) is 5.75 Å². The lowest BCUT2D eigenvalue weighted by atomic mass is 10.1. The fraction of sp³-hybridized carbons (Fsp3) is 0.300. The lowest BCUT2D eigenvalue weighted by Crippen LogP contribution is -2.11. The summed E-state index contributed by atoms with van der Waals surface area (Å²) in [5.41, 5.74) is -1.51. The maximum Gasteiger partial charge on any atom is 0.416 e. The van der Waals surface area contributed by atoms with Crippen LogP contribution in [0, 0.1) is 3.57 Å². The molecule has 0 spiro atoms. The van der Waals surface area contributed by atoms with Crippen molar-refractivity contribution in [3.05, 3.63) is 26.8 Å². The van der Waals surface area contributed by atoms with Crippen molar-refractivity contribution in [2.75, 3.05) is 0 Å². The first-order valence-electron chi connectivity index (χ1n) is 4.49. The molecule has 0 N–H and O–H groups in total. The second kappa shape index (κ2) is 5.37. The number of benzene rings is 1. The zero-order chi connectivity index (χ0) is 14.1. The fourth-order valence-electron chi connectivity index (χ4n) is 1.20. The molecule has 0 unspecified atom stereocenters. The van der Waals surface area contributed by atoms with E-state index in [1.165, 1.54) is 22.6 Å². The molecular weight excluding hydrogens is 374 g/mol. The van der Waals surface area contributed by atoms with E-state index in [9.17, 15) is 26.7 Å². The third-order valence-corrected chi connectivity index (χ3v) is 3.07. The minimum absolute atomic E-state index is 0.0756. The van der Waals surface area contributed by atoms with Crippen LogP contribution in [0.2, 0.25) is 0 Å². The Morgan fingerprint density at radius 3 is 2.28 bits per heavy atom. The van der Waals surface area contributed by atoms with Crippen LogP contribution in [-0.4, -0.2) is 12.4 Å². The summed E-state index contributed by atoms with van der Waals surface area (Å²) in [4.78, 5) is 11.2. The molecule has 2 nitrogen and oxygen atoms in total. The Bertz CT molecular complexity index is 470. The Balaban J connectivity index is 3.42. The molecule has 0 bridgehead atoms. The monoisotopic (exact) mass is 380 g/mol. The number of hydrogen-bond donors (Lipinski definition) is 0. The molecule has 1 aromatic carbocycles. The standard InChI is InChI=1S/C10H6F5IO2/c1-4(17)6-2-5(10(13,14)15)3-7(8(6)16)18-9(11)12/h2-3,9H,1H3. The Morgan fingerprint density at radius 1 is 1.33 bits per heavy atom. The highest BCUT2D eigenvalue weighted by molar-refractivity contribution is 14.1. The van der Waals surface area contributed by atoms with E-state index in [4.69, 9.17) is 0 Å². The second-order valence-electron chi connectivity index (χ2n) is 3.27. The first-order valence-corrected chi connectivity index (χ1v) is 5.57. The van der Waals surface area contributed by atoms with E-state index in [0.29, 0.717) is 12.1 Å². The smallest absolute Gasteiger partial charge is 0.416 e. The number of ketones is 1. The van der Waals surface area contributed by atoms with Crippen LogP contribution in [0.3, 0.4) is 0 Å². The van der Waals surface area contributed by atoms with Gasteiger partial charge in [-0.2, -0.15) is 22.0 Å². The summed E-state index contributed by atoms with van der Waals surface area (Å²) in [6.45, 7) is -2.22. The summed E-state index contributed by atoms with van der Waals surface area (Å²) in [7, 11) is 0. The summed E-state index contributed by atoms with van der Waals surface area (Å²) in [5.74, 6) is -1.32. The van der Waals surface area contributed by atoms with Gasteiger partial charge in [0.05, 0.1) is 9.13 Å². The summed E-state index contributed by atoms with van der Waals surface area (Å²) in [6.07, 6.45) is -4.74. The van der Waals surface area contributed by atoms with Crippen molar-refractivity contribution < 1.29 is 31.5 Å². The zero-order valence-corrected chi connectivity index (χ0v) is 11.0. The Labute approximate surface area is 112 Å². The van der Waals surface area contributed by atoms with Gasteiger partial charge in [-0.05, 0) is 41.6 Å². The summed E-state index contributed by atoms with van der Waals surface area (Å²) in [6, 6.07) is 1.06. The Hall–Kier alpha value is -0.930. The molecule has 0 saturated carbocycles. The van der Waals surface area contributed by atoms with Crippen molar-refractivity contribution in [1.82, 2.24) is 0 Å². The van der Waals surface area contributed by atoms with Gasteiger partial charge >= 0.3 is 12.8 Å². The summed E-state index contributed by atoms with van der Waals surface area (Å²) in [5, 5.41) is 0. The number of carbonyl (C=O) groups excluding carboxylic acids is 1. The number of carbonyl (C=O) groups is 1. The van der Waals surface area contributed by atoms with Gasteiger partial charge in [0.2, 0.25) is 0 Å². The van der Waals surface area contributed by atoms with Crippen molar-refractivity contribution in [3.63, 3.8) is 0 Å². The molecule has 0 saturated heterocycles. The van der Waals surface area contributed by atoms with Gasteiger partial charge in [0.25, 0.3) is 0 Å². The predicted molar refractivity (Wildman–Crippen MR) is 60.8 cm³/mol. The third kappa shape index (κ3) is 3.53. The van der Waals surface area contributed by atoms with Gasteiger partial charge in [-0.1, -0.05) is 0 Å². The zero-order valence-electron chi connectivity index (χ0n) is 8.82. The maximum atomic E-state index is 12.5. The van der Waals surface area contributed by atoms with Crippen LogP contribution >= 0.6 is 22.6 Å². The summed E-state index contributed by atoms with van der Waals surface area (Å²) < 4.78 is 65.6. The molecule has 1 aromatic rings. The molecule has 100 valence electrons. The summed E-state index contributed by atoms with van der Waals surface area (Å²) >= 11 is 1.49. The molecule has 0 atom stereocenters. The Morgan fingerprint density at radius 2 is 1.89 bits per heavy atom. The molecule has 0 heterocycles. The van der Waals surface area contributed by atoms with E-state index in [0.717, 1.165) is 6.92 Å². The molecule has 18 heavy (non-hydrogen) atoms. The second-order valence-corrected chi connectivity index (χ2v) is 4.35. The van der Waals surface area contributed by atoms with E-state index in [1.54, 1.807) is 0 Å². The third-order valence-electron chi connectivity index (χ3n) is 1.96. The van der Waals surface area contributed by atoms with E-state index < -0.39 is 29.9 Å². The van der Waals surface area contributed by atoms with Crippen LogP contribution in [0.4, 0.5) is 22.0 Å². The van der Waals surface area contributed by atoms with Gasteiger partial charge in [-0.15, -0.1) is 0 Å². The molecule has 0 radical (unpaired) electrons. The molecule has 0 aliphatic carbocycles. The first-order chi connectivity index (χ1) is 8.12. The van der Waals surface area contributed by atoms with E-state index in [2.05, 4.69) is 4.74 Å². The maximum absolute atomic E-state index is 12.5. The predicted octanol–water partition coefficient (Wildman–Crippen LogP) is 4.11. The van der Waals surface area contributed by atoms with Crippen LogP contribution in [0.25, 0.3) is 0 Å². The number of rotatable bonds is 3. The van der Waals surface area contributed by atoms with Crippen LogP contribution in [0.1, 0.15) is 22.8 Å². The average molecular weight is 380 g/mol. The molecule has 1 rings (SSSR count). The van der Waals surface area contributed by atoms with E-state index in [-0.39, 0.29) is 9.13 Å². The highest BCUT2D eigenvalue weighted by Crippen LogP contribution is 2.36. The highest BCUT2D eigenvalue weighted by Gasteiger charge is 2.33. The molecular formula is C10H6F5IO2. The minimum Gasteiger partial charge on any atom is -0.434 e. The minimum atomic E-state index is -4.74. The highest BCUT2D eigenvalue weighted by atomic mass is 127. The van der Waals surface area contributed by atoms with Crippen LogP contribution < -0.4 is 4.74 Å². The number of halogens is 6. The number of hydrogen-bond acceptors (Lipinski definition) is 2. The fourth-order valence-corrected chi connectivity index (χ4v) is 2.02. The SMILES string of the molecule is CC(=O)c1cc(C(F)(F)F)cc(OC(F)F)c1I. The molecule has 0 aliphatic heterocycles. The van der Waals surface area contributed by atoms with Gasteiger partial charge in [-0.3, -0.25) is 4.79 Å². The van der Waals surface area contributed by atoms with Gasteiger partial charge in [0, 0.05) is 5.56 Å². The van der Waals surface area contributed by atoms with E-state index >= 15 is 0 Å². The largest absolute Gasteiger partial charge is 0.434 e. The van der Waals surface area contributed by atoms with Crippen LogP contribution in [0.15, 0.2) is 12.1 Å². The van der Waals surface area contributed by atoms with Crippen LogP contribution in [-0.2, 0) is 6.18 Å². The van der Waals surface area contributed by atoms with E-state index in [1.807, 2.05) is 0 Å². The average Bonchev–Trinajstić information content (AvgIpc) is 2.18. The normalized spacial score (nSPS) is 11.8. The van der Waals surface area contributed by atoms with Crippen molar-refractivity contribution in [2.24, 2.45) is 0 Å². The first kappa shape index (κ1) is 15.1.